The number of rotatable bonds is 7. The summed E-state index contributed by atoms with van der Waals surface area (Å²) in [6, 6.07) is 6.21. The summed E-state index contributed by atoms with van der Waals surface area (Å²) in [6.07, 6.45) is 11.1. The van der Waals surface area contributed by atoms with Crippen LogP contribution in [0.2, 0.25) is 0 Å². The van der Waals surface area contributed by atoms with E-state index in [0.29, 0.717) is 29.6 Å². The molecule has 1 saturated heterocycles. The quantitative estimate of drug-likeness (QED) is 0.587. The van der Waals surface area contributed by atoms with Gasteiger partial charge in [-0.1, -0.05) is 19.9 Å². The van der Waals surface area contributed by atoms with Crippen molar-refractivity contribution in [2.24, 2.45) is 11.8 Å². The summed E-state index contributed by atoms with van der Waals surface area (Å²) in [4.78, 5) is 23.9. The van der Waals surface area contributed by atoms with Gasteiger partial charge < -0.3 is 9.47 Å². The van der Waals surface area contributed by atoms with Crippen molar-refractivity contribution in [1.29, 1.82) is 0 Å². The molecule has 3 aromatic rings. The van der Waals surface area contributed by atoms with Crippen molar-refractivity contribution in [3.63, 3.8) is 0 Å². The molecule has 164 valence electrons. The lowest BCUT2D eigenvalue weighted by Crippen LogP contribution is -2.49. The van der Waals surface area contributed by atoms with Gasteiger partial charge in [0.15, 0.2) is 0 Å². The first kappa shape index (κ1) is 20.4. The first-order valence-electron chi connectivity index (χ1n) is 11.7. The van der Waals surface area contributed by atoms with E-state index in [2.05, 4.69) is 44.4 Å². The molecule has 0 saturated carbocycles. The molecule has 2 aliphatic rings. The molecule has 3 aromatic heterocycles. The number of fused-ring (bicyclic) bond motifs is 5. The second kappa shape index (κ2) is 8.54. The van der Waals surface area contributed by atoms with E-state index in [1.165, 1.54) is 30.4 Å². The van der Waals surface area contributed by atoms with Crippen molar-refractivity contribution in [3.8, 4) is 0 Å². The van der Waals surface area contributed by atoms with E-state index in [4.69, 9.17) is 0 Å². The Balaban J connectivity index is 1.28. The van der Waals surface area contributed by atoms with E-state index in [-0.39, 0.29) is 5.56 Å². The predicted molar refractivity (Wildman–Crippen MR) is 120 cm³/mol. The van der Waals surface area contributed by atoms with Crippen LogP contribution in [-0.4, -0.2) is 48.7 Å². The Hall–Kier alpha value is -2.54. The summed E-state index contributed by atoms with van der Waals surface area (Å²) >= 11 is 0. The third kappa shape index (κ3) is 4.15. The van der Waals surface area contributed by atoms with Gasteiger partial charge in [0.05, 0.1) is 0 Å². The minimum Gasteiger partial charge on any atom is -0.309 e. The van der Waals surface area contributed by atoms with Crippen LogP contribution >= 0.6 is 0 Å². The zero-order valence-electron chi connectivity index (χ0n) is 18.5. The number of pyridine rings is 1. The average molecular weight is 421 g/mol. The maximum atomic E-state index is 12.8. The number of aromatic nitrogens is 5. The third-order valence-electron chi connectivity index (χ3n) is 7.04. The Morgan fingerprint density at radius 3 is 2.97 bits per heavy atom. The lowest BCUT2D eigenvalue weighted by molar-refractivity contribution is 0.0840. The van der Waals surface area contributed by atoms with Crippen LogP contribution in [0, 0.1) is 11.8 Å². The number of hydrogen-bond acceptors (Lipinski definition) is 5. The molecule has 1 fully saturated rings. The molecule has 0 amide bonds. The number of nitrogens with zero attached hydrogens (tertiary/aromatic N) is 6. The molecule has 0 spiro atoms. The Morgan fingerprint density at radius 2 is 2.10 bits per heavy atom. The summed E-state index contributed by atoms with van der Waals surface area (Å²) in [6.45, 7) is 7.78. The summed E-state index contributed by atoms with van der Waals surface area (Å²) in [7, 11) is 0. The fraction of sp³-hybridized carbons (Fsp3) is 0.583. The monoisotopic (exact) mass is 420 g/mol. The summed E-state index contributed by atoms with van der Waals surface area (Å²) in [5, 5.41) is 4.19. The van der Waals surface area contributed by atoms with E-state index in [1.807, 2.05) is 18.5 Å². The number of hydrogen-bond donors (Lipinski definition) is 0. The van der Waals surface area contributed by atoms with Gasteiger partial charge in [0.2, 0.25) is 0 Å². The highest BCUT2D eigenvalue weighted by Gasteiger charge is 2.40. The van der Waals surface area contributed by atoms with Crippen molar-refractivity contribution in [2.75, 3.05) is 19.6 Å². The van der Waals surface area contributed by atoms with Gasteiger partial charge in [-0.2, -0.15) is 10.1 Å². The highest BCUT2D eigenvalue weighted by atomic mass is 16.1. The smallest absolute Gasteiger partial charge is 0.252 e. The van der Waals surface area contributed by atoms with Crippen LogP contribution in [0.4, 0.5) is 0 Å². The molecule has 0 radical (unpaired) electrons. The molecule has 2 bridgehead atoms. The van der Waals surface area contributed by atoms with Crippen LogP contribution in [0.5, 0.6) is 0 Å². The van der Waals surface area contributed by atoms with Gasteiger partial charge in [0.1, 0.15) is 6.33 Å². The second-order valence-electron chi connectivity index (χ2n) is 9.72. The minimum absolute atomic E-state index is 0.186. The fourth-order valence-corrected chi connectivity index (χ4v) is 5.59. The lowest BCUT2D eigenvalue weighted by atomic mass is 9.76. The molecule has 3 atom stereocenters. The fourth-order valence-electron chi connectivity index (χ4n) is 5.59. The normalized spacial score (nSPS) is 23.4. The molecule has 2 aliphatic heterocycles. The highest BCUT2D eigenvalue weighted by molar-refractivity contribution is 5.25. The SMILES string of the molecule is CC(C)CC[C@H]1[C@H]2C[C@H](CN(CCCc3cnc4ncnn4c3)C2)c2cccc(=O)n21. The maximum Gasteiger partial charge on any atom is 0.252 e. The summed E-state index contributed by atoms with van der Waals surface area (Å²) in [5.41, 5.74) is 2.63. The van der Waals surface area contributed by atoms with Crippen molar-refractivity contribution < 1.29 is 0 Å². The van der Waals surface area contributed by atoms with E-state index in [9.17, 15) is 4.79 Å². The van der Waals surface area contributed by atoms with Gasteiger partial charge in [0.25, 0.3) is 11.3 Å². The van der Waals surface area contributed by atoms with E-state index in [1.54, 1.807) is 10.6 Å². The van der Waals surface area contributed by atoms with Crippen molar-refractivity contribution >= 4 is 5.78 Å². The van der Waals surface area contributed by atoms with E-state index >= 15 is 0 Å². The number of aryl methyl sites for hydroxylation is 1. The first-order chi connectivity index (χ1) is 15.1. The standard InChI is InChI=1S/C24H32N6O/c1-17(2)8-9-22-20-11-19(21-6-3-7-23(31)30(21)22)14-28(15-20)10-4-5-18-12-25-24-26-16-27-29(24)13-18/h3,6-7,12-13,16-17,19-20,22H,4-5,8-11,14-15H2,1-2H3/t19-,20+,22+/m1/s1. The summed E-state index contributed by atoms with van der Waals surface area (Å²) in [5.74, 6) is 2.35. The van der Waals surface area contributed by atoms with Crippen LogP contribution < -0.4 is 5.56 Å². The Morgan fingerprint density at radius 1 is 1.19 bits per heavy atom. The second-order valence-corrected chi connectivity index (χ2v) is 9.72. The molecule has 31 heavy (non-hydrogen) atoms. The summed E-state index contributed by atoms with van der Waals surface area (Å²) < 4.78 is 3.90. The van der Waals surface area contributed by atoms with Crippen LogP contribution in [0.3, 0.4) is 0 Å². The van der Waals surface area contributed by atoms with Crippen molar-refractivity contribution in [3.05, 3.63) is 58.5 Å². The number of piperidine rings is 1. The predicted octanol–water partition coefficient (Wildman–Crippen LogP) is 3.32. The van der Waals surface area contributed by atoms with Gasteiger partial charge in [0, 0.05) is 49.2 Å². The van der Waals surface area contributed by atoms with Crippen LogP contribution in [0.25, 0.3) is 5.78 Å². The highest BCUT2D eigenvalue weighted by Crippen LogP contribution is 2.43. The molecule has 5 rings (SSSR count). The van der Waals surface area contributed by atoms with Crippen LogP contribution in [-0.2, 0) is 6.42 Å². The van der Waals surface area contributed by atoms with Crippen LogP contribution in [0.15, 0.2) is 41.7 Å². The molecule has 0 aromatic carbocycles. The molecule has 0 aliphatic carbocycles. The van der Waals surface area contributed by atoms with Gasteiger partial charge in [-0.25, -0.2) is 9.50 Å². The molecule has 0 unspecified atom stereocenters. The third-order valence-corrected chi connectivity index (χ3v) is 7.04. The molecule has 7 heteroatoms. The Bertz CT molecular complexity index is 1100. The van der Waals surface area contributed by atoms with Crippen LogP contribution in [0.1, 0.15) is 62.7 Å². The Labute approximate surface area is 183 Å². The van der Waals surface area contributed by atoms with Crippen molar-refractivity contribution in [1.82, 2.24) is 29.0 Å². The van der Waals surface area contributed by atoms with Gasteiger partial charge >= 0.3 is 0 Å². The maximum absolute atomic E-state index is 12.8. The Kier molecular flexibility index (Phi) is 5.61. The average Bonchev–Trinajstić information content (AvgIpc) is 3.22. The minimum atomic E-state index is 0.186. The first-order valence-corrected chi connectivity index (χ1v) is 11.7. The van der Waals surface area contributed by atoms with Gasteiger partial charge in [-0.15, -0.1) is 0 Å². The largest absolute Gasteiger partial charge is 0.309 e. The van der Waals surface area contributed by atoms with Gasteiger partial charge in [-0.05, 0) is 62.1 Å². The zero-order chi connectivity index (χ0) is 21.4. The molecular formula is C24H32N6O. The zero-order valence-corrected chi connectivity index (χ0v) is 18.5. The van der Waals surface area contributed by atoms with E-state index < -0.39 is 0 Å². The molecular weight excluding hydrogens is 388 g/mol. The topological polar surface area (TPSA) is 68.3 Å². The molecule has 5 heterocycles. The van der Waals surface area contributed by atoms with E-state index in [0.717, 1.165) is 38.9 Å². The molecule has 7 nitrogen and oxygen atoms in total. The van der Waals surface area contributed by atoms with Gasteiger partial charge in [-0.3, -0.25) is 4.79 Å². The van der Waals surface area contributed by atoms with Crippen molar-refractivity contribution in [2.45, 2.75) is 57.9 Å². The molecule has 0 N–H and O–H groups in total. The lowest BCUT2D eigenvalue weighted by Gasteiger charge is -2.47. The number of likely N-dealkylation sites (tertiary alicyclic amines) is 1.